The second-order valence-electron chi connectivity index (χ2n) is 6.86. The molecule has 1 amide bonds. The number of H-pyrrole nitrogens is 1. The Labute approximate surface area is 167 Å². The van der Waals surface area contributed by atoms with E-state index in [0.29, 0.717) is 5.56 Å². The van der Waals surface area contributed by atoms with Crippen molar-refractivity contribution in [3.05, 3.63) is 83.8 Å². The molecule has 0 radical (unpaired) electrons. The van der Waals surface area contributed by atoms with Crippen molar-refractivity contribution in [3.63, 3.8) is 0 Å². The van der Waals surface area contributed by atoms with Crippen LogP contribution < -0.4 is 5.32 Å². The highest BCUT2D eigenvalue weighted by Crippen LogP contribution is 2.19. The number of carboxylic acid groups (broad SMARTS) is 1. The molecule has 29 heavy (non-hydrogen) atoms. The van der Waals surface area contributed by atoms with Gasteiger partial charge in [0.15, 0.2) is 0 Å². The molecule has 4 rings (SSSR count). The van der Waals surface area contributed by atoms with Crippen molar-refractivity contribution in [1.29, 1.82) is 0 Å². The van der Waals surface area contributed by atoms with Crippen LogP contribution in [0.25, 0.3) is 16.6 Å². The van der Waals surface area contributed by atoms with Crippen LogP contribution in [-0.4, -0.2) is 37.8 Å². The van der Waals surface area contributed by atoms with Crippen LogP contribution in [0.15, 0.2) is 67.0 Å². The fourth-order valence-electron chi connectivity index (χ4n) is 3.36. The van der Waals surface area contributed by atoms with E-state index >= 15 is 0 Å². The first kappa shape index (κ1) is 18.5. The first-order chi connectivity index (χ1) is 14.0. The number of para-hydroxylation sites is 1. The average Bonchev–Trinajstić information content (AvgIpc) is 3.34. The summed E-state index contributed by atoms with van der Waals surface area (Å²) >= 11 is 0. The van der Waals surface area contributed by atoms with E-state index in [1.165, 1.54) is 0 Å². The molecule has 2 heterocycles. The number of carboxylic acids is 1. The van der Waals surface area contributed by atoms with Crippen molar-refractivity contribution in [3.8, 4) is 5.69 Å². The molecule has 0 aliphatic rings. The van der Waals surface area contributed by atoms with Gasteiger partial charge in [0, 0.05) is 41.0 Å². The fourth-order valence-corrected chi connectivity index (χ4v) is 3.36. The number of aromatic nitrogens is 3. The molecule has 2 aromatic carbocycles. The molecule has 7 heteroatoms. The van der Waals surface area contributed by atoms with Gasteiger partial charge in [-0.1, -0.05) is 18.2 Å². The minimum Gasteiger partial charge on any atom is -0.480 e. The summed E-state index contributed by atoms with van der Waals surface area (Å²) in [6, 6.07) is 15.4. The van der Waals surface area contributed by atoms with Gasteiger partial charge in [0.2, 0.25) is 0 Å². The lowest BCUT2D eigenvalue weighted by atomic mass is 10.0. The molecule has 0 aliphatic carbocycles. The normalized spacial score (nSPS) is 12.0. The number of fused-ring (bicyclic) bond motifs is 1. The molecule has 0 saturated carbocycles. The number of carbonyl (C=O) groups excluding carboxylic acids is 1. The van der Waals surface area contributed by atoms with E-state index < -0.39 is 17.9 Å². The van der Waals surface area contributed by atoms with E-state index in [1.54, 1.807) is 41.3 Å². The highest BCUT2D eigenvalue weighted by molar-refractivity contribution is 5.97. The van der Waals surface area contributed by atoms with Crippen molar-refractivity contribution in [1.82, 2.24) is 20.1 Å². The van der Waals surface area contributed by atoms with Gasteiger partial charge in [0.1, 0.15) is 6.04 Å². The van der Waals surface area contributed by atoms with Gasteiger partial charge >= 0.3 is 5.97 Å². The number of nitrogens with one attached hydrogen (secondary N) is 2. The van der Waals surface area contributed by atoms with Gasteiger partial charge in [-0.15, -0.1) is 0 Å². The molecule has 0 unspecified atom stereocenters. The van der Waals surface area contributed by atoms with Crippen LogP contribution in [-0.2, 0) is 11.2 Å². The van der Waals surface area contributed by atoms with Crippen LogP contribution in [0.1, 0.15) is 21.6 Å². The van der Waals surface area contributed by atoms with Gasteiger partial charge in [-0.25, -0.2) is 9.48 Å². The second kappa shape index (κ2) is 7.63. The Balaban J connectivity index is 1.50. The van der Waals surface area contributed by atoms with Crippen LogP contribution in [0.3, 0.4) is 0 Å². The summed E-state index contributed by atoms with van der Waals surface area (Å²) < 4.78 is 1.76. The number of amides is 1. The smallest absolute Gasteiger partial charge is 0.326 e. The van der Waals surface area contributed by atoms with Crippen molar-refractivity contribution >= 4 is 22.8 Å². The predicted molar refractivity (Wildman–Crippen MR) is 109 cm³/mol. The molecular weight excluding hydrogens is 368 g/mol. The number of aliphatic carboxylic acids is 1. The highest BCUT2D eigenvalue weighted by Gasteiger charge is 2.22. The number of hydrogen-bond acceptors (Lipinski definition) is 3. The molecule has 0 bridgehead atoms. The minimum atomic E-state index is -1.08. The largest absolute Gasteiger partial charge is 0.480 e. The Morgan fingerprint density at radius 3 is 2.59 bits per heavy atom. The number of carbonyl (C=O) groups is 2. The molecular formula is C22H20N4O3. The van der Waals surface area contributed by atoms with E-state index in [2.05, 4.69) is 15.4 Å². The summed E-state index contributed by atoms with van der Waals surface area (Å²) in [6.45, 7) is 1.94. The Bertz CT molecular complexity index is 1170. The highest BCUT2D eigenvalue weighted by atomic mass is 16.4. The maximum atomic E-state index is 12.6. The number of hydrogen-bond donors (Lipinski definition) is 3. The first-order valence-electron chi connectivity index (χ1n) is 9.22. The third kappa shape index (κ3) is 3.75. The summed E-state index contributed by atoms with van der Waals surface area (Å²) in [5.41, 5.74) is 3.98. The topological polar surface area (TPSA) is 100 Å². The summed E-state index contributed by atoms with van der Waals surface area (Å²) in [4.78, 5) is 27.5. The Hall–Kier alpha value is -3.87. The zero-order valence-corrected chi connectivity index (χ0v) is 15.8. The Morgan fingerprint density at radius 1 is 1.14 bits per heavy atom. The van der Waals surface area contributed by atoms with Gasteiger partial charge < -0.3 is 15.4 Å². The van der Waals surface area contributed by atoms with E-state index in [1.807, 2.05) is 37.3 Å². The fraction of sp³-hybridized carbons (Fsp3) is 0.136. The van der Waals surface area contributed by atoms with Crippen LogP contribution in [0, 0.1) is 6.92 Å². The monoisotopic (exact) mass is 388 g/mol. The lowest BCUT2D eigenvalue weighted by molar-refractivity contribution is -0.139. The first-order valence-corrected chi connectivity index (χ1v) is 9.22. The number of aromatic amines is 1. The molecule has 7 nitrogen and oxygen atoms in total. The molecule has 1 atom stereocenters. The predicted octanol–water partition coefficient (Wildman–Crippen LogP) is 3.09. The number of rotatable bonds is 6. The maximum Gasteiger partial charge on any atom is 0.326 e. The molecule has 0 spiro atoms. The molecule has 3 N–H and O–H groups in total. The van der Waals surface area contributed by atoms with Crippen LogP contribution in [0.4, 0.5) is 0 Å². The molecule has 0 aliphatic heterocycles. The number of nitrogens with zero attached hydrogens (tertiary/aromatic N) is 2. The molecule has 0 saturated heterocycles. The van der Waals surface area contributed by atoms with E-state index in [4.69, 9.17) is 0 Å². The molecule has 146 valence electrons. The van der Waals surface area contributed by atoms with Gasteiger partial charge in [-0.2, -0.15) is 5.10 Å². The lowest BCUT2D eigenvalue weighted by Crippen LogP contribution is -2.42. The van der Waals surface area contributed by atoms with Crippen LogP contribution >= 0.6 is 0 Å². The van der Waals surface area contributed by atoms with Crippen molar-refractivity contribution in [2.75, 3.05) is 0 Å². The maximum absolute atomic E-state index is 12.6. The average molecular weight is 388 g/mol. The molecule has 2 aromatic heterocycles. The third-order valence-corrected chi connectivity index (χ3v) is 4.91. The number of aryl methyl sites for hydroxylation is 1. The van der Waals surface area contributed by atoms with E-state index in [9.17, 15) is 14.7 Å². The van der Waals surface area contributed by atoms with Crippen LogP contribution in [0.2, 0.25) is 0 Å². The van der Waals surface area contributed by atoms with Gasteiger partial charge in [-0.05, 0) is 48.9 Å². The summed E-state index contributed by atoms with van der Waals surface area (Å²) in [7, 11) is 0. The van der Waals surface area contributed by atoms with Gasteiger partial charge in [-0.3, -0.25) is 4.79 Å². The van der Waals surface area contributed by atoms with Crippen molar-refractivity contribution in [2.45, 2.75) is 19.4 Å². The van der Waals surface area contributed by atoms with E-state index in [0.717, 1.165) is 27.8 Å². The molecule has 0 fully saturated rings. The van der Waals surface area contributed by atoms with Crippen molar-refractivity contribution < 1.29 is 14.7 Å². The Morgan fingerprint density at radius 2 is 1.90 bits per heavy atom. The minimum absolute atomic E-state index is 0.190. The summed E-state index contributed by atoms with van der Waals surface area (Å²) in [5, 5.41) is 17.4. The van der Waals surface area contributed by atoms with Crippen molar-refractivity contribution in [2.24, 2.45) is 0 Å². The van der Waals surface area contributed by atoms with Gasteiger partial charge in [0.05, 0.1) is 5.69 Å². The van der Waals surface area contributed by atoms with Gasteiger partial charge in [0.25, 0.3) is 5.91 Å². The standard InChI is InChI=1S/C22H20N4O3/c1-14-10-11-24-26(14)17-8-6-15(7-9-17)21(27)25-20(22(28)29)12-16-13-23-19-5-3-2-4-18(16)19/h2-11,13,20,23H,12H2,1H3,(H,25,27)(H,28,29)/t20-/m0/s1. The summed E-state index contributed by atoms with van der Waals surface area (Å²) in [6.07, 6.45) is 3.68. The quantitative estimate of drug-likeness (QED) is 0.473. The zero-order valence-electron chi connectivity index (χ0n) is 15.8. The zero-order chi connectivity index (χ0) is 20.4. The van der Waals surface area contributed by atoms with E-state index in [-0.39, 0.29) is 6.42 Å². The lowest BCUT2D eigenvalue weighted by Gasteiger charge is -2.14. The third-order valence-electron chi connectivity index (χ3n) is 4.91. The Kier molecular flexibility index (Phi) is 4.87. The van der Waals surface area contributed by atoms with Crippen LogP contribution in [0.5, 0.6) is 0 Å². The SMILES string of the molecule is Cc1ccnn1-c1ccc(C(=O)N[C@@H](Cc2c[nH]c3ccccc23)C(=O)O)cc1. The summed E-state index contributed by atoms with van der Waals surface area (Å²) in [5.74, 6) is -1.51. The second-order valence-corrected chi connectivity index (χ2v) is 6.86. The number of benzene rings is 2. The molecule has 4 aromatic rings.